The van der Waals surface area contributed by atoms with Crippen LogP contribution in [0.1, 0.15) is 11.4 Å². The van der Waals surface area contributed by atoms with Crippen LogP contribution in [0.25, 0.3) is 18.0 Å². The Balaban J connectivity index is 2.29. The van der Waals surface area contributed by atoms with E-state index in [-0.39, 0.29) is 0 Å². The highest BCUT2D eigenvalue weighted by Crippen LogP contribution is 2.08. The molecular weight excluding hydrogens is 210 g/mol. The second-order valence-electron chi connectivity index (χ2n) is 4.36. The SMILES string of the molecule is Cc1ccc(-n2c(C)nc3c2=CCNC=3)cc1. The molecule has 0 saturated carbocycles. The summed E-state index contributed by atoms with van der Waals surface area (Å²) in [7, 11) is 0. The first-order chi connectivity index (χ1) is 8.25. The van der Waals surface area contributed by atoms with E-state index in [1.165, 1.54) is 16.6 Å². The van der Waals surface area contributed by atoms with E-state index >= 15 is 0 Å². The summed E-state index contributed by atoms with van der Waals surface area (Å²) in [6.45, 7) is 5.01. The quantitative estimate of drug-likeness (QED) is 0.770. The lowest BCUT2D eigenvalue weighted by Gasteiger charge is -2.07. The summed E-state index contributed by atoms with van der Waals surface area (Å²) in [4.78, 5) is 4.56. The van der Waals surface area contributed by atoms with Crippen molar-refractivity contribution in [3.63, 3.8) is 0 Å². The molecule has 2 aromatic rings. The van der Waals surface area contributed by atoms with Gasteiger partial charge in [-0.05, 0) is 32.1 Å². The highest BCUT2D eigenvalue weighted by molar-refractivity contribution is 5.41. The van der Waals surface area contributed by atoms with Gasteiger partial charge in [0, 0.05) is 18.4 Å². The highest BCUT2D eigenvalue weighted by atomic mass is 15.1. The molecule has 3 heteroatoms. The summed E-state index contributed by atoms with van der Waals surface area (Å²) < 4.78 is 2.20. The van der Waals surface area contributed by atoms with Crippen LogP contribution in [0, 0.1) is 13.8 Å². The molecule has 0 aliphatic carbocycles. The molecule has 1 N–H and O–H groups in total. The maximum atomic E-state index is 4.56. The number of rotatable bonds is 1. The van der Waals surface area contributed by atoms with Gasteiger partial charge < -0.3 is 5.32 Å². The molecular formula is C14H15N3. The van der Waals surface area contributed by atoms with Crippen molar-refractivity contribution in [2.75, 3.05) is 6.54 Å². The summed E-state index contributed by atoms with van der Waals surface area (Å²) >= 11 is 0. The average molecular weight is 225 g/mol. The van der Waals surface area contributed by atoms with Crippen molar-refractivity contribution < 1.29 is 0 Å². The molecule has 0 unspecified atom stereocenters. The van der Waals surface area contributed by atoms with E-state index < -0.39 is 0 Å². The van der Waals surface area contributed by atoms with E-state index in [0.717, 1.165) is 17.7 Å². The molecule has 0 fully saturated rings. The molecule has 17 heavy (non-hydrogen) atoms. The summed E-state index contributed by atoms with van der Waals surface area (Å²) in [6, 6.07) is 8.54. The Hall–Kier alpha value is -2.03. The zero-order valence-electron chi connectivity index (χ0n) is 10.1. The number of fused-ring (bicyclic) bond motifs is 1. The highest BCUT2D eigenvalue weighted by Gasteiger charge is 2.07. The van der Waals surface area contributed by atoms with Crippen LogP contribution in [0.5, 0.6) is 0 Å². The molecule has 3 rings (SSSR count). The van der Waals surface area contributed by atoms with Gasteiger partial charge >= 0.3 is 0 Å². The number of nitrogens with one attached hydrogen (secondary N) is 1. The Morgan fingerprint density at radius 3 is 2.71 bits per heavy atom. The maximum absolute atomic E-state index is 4.56. The Morgan fingerprint density at radius 1 is 1.18 bits per heavy atom. The minimum atomic E-state index is 0.865. The van der Waals surface area contributed by atoms with Crippen LogP contribution in [0.3, 0.4) is 0 Å². The van der Waals surface area contributed by atoms with Crippen LogP contribution in [-0.2, 0) is 0 Å². The first-order valence-electron chi connectivity index (χ1n) is 5.82. The third-order valence-corrected chi connectivity index (χ3v) is 3.05. The van der Waals surface area contributed by atoms with Crippen molar-refractivity contribution in [1.29, 1.82) is 0 Å². The lowest BCUT2D eigenvalue weighted by Crippen LogP contribution is -2.36. The fourth-order valence-corrected chi connectivity index (χ4v) is 2.20. The van der Waals surface area contributed by atoms with Crippen molar-refractivity contribution in [3.8, 4) is 5.69 Å². The fourth-order valence-electron chi connectivity index (χ4n) is 2.20. The third-order valence-electron chi connectivity index (χ3n) is 3.05. The zero-order valence-corrected chi connectivity index (χ0v) is 10.1. The van der Waals surface area contributed by atoms with E-state index in [4.69, 9.17) is 0 Å². The van der Waals surface area contributed by atoms with Gasteiger partial charge in [-0.25, -0.2) is 4.98 Å². The van der Waals surface area contributed by atoms with E-state index in [9.17, 15) is 0 Å². The van der Waals surface area contributed by atoms with Gasteiger partial charge in [-0.2, -0.15) is 0 Å². The van der Waals surface area contributed by atoms with Gasteiger partial charge in [0.25, 0.3) is 0 Å². The predicted octanol–water partition coefficient (Wildman–Crippen LogP) is 0.611. The normalized spacial score (nSPS) is 13.3. The lowest BCUT2D eigenvalue weighted by molar-refractivity contribution is 0.940. The molecule has 1 aliphatic heterocycles. The van der Waals surface area contributed by atoms with Crippen LogP contribution in [0.4, 0.5) is 0 Å². The number of benzene rings is 1. The van der Waals surface area contributed by atoms with Gasteiger partial charge in [-0.15, -0.1) is 0 Å². The standard InChI is InChI=1S/C14H15N3/c1-10-3-5-12(6-4-10)17-11(2)16-13-9-15-8-7-14(13)17/h3-7,9,15H,8H2,1-2H3. The summed E-state index contributed by atoms with van der Waals surface area (Å²) in [5.74, 6) is 1.02. The molecule has 0 saturated heterocycles. The Kier molecular flexibility index (Phi) is 2.25. The Morgan fingerprint density at radius 2 is 1.94 bits per heavy atom. The van der Waals surface area contributed by atoms with Crippen LogP contribution in [0.2, 0.25) is 0 Å². The number of imidazole rings is 1. The largest absolute Gasteiger partial charge is 0.386 e. The first-order valence-corrected chi connectivity index (χ1v) is 5.82. The van der Waals surface area contributed by atoms with Crippen molar-refractivity contribution in [2.45, 2.75) is 13.8 Å². The zero-order chi connectivity index (χ0) is 11.8. The van der Waals surface area contributed by atoms with Crippen molar-refractivity contribution in [2.24, 2.45) is 0 Å². The molecule has 86 valence electrons. The molecule has 0 radical (unpaired) electrons. The summed E-state index contributed by atoms with van der Waals surface area (Å²) in [5.41, 5.74) is 2.45. The van der Waals surface area contributed by atoms with Gasteiger partial charge in [0.2, 0.25) is 0 Å². The van der Waals surface area contributed by atoms with Gasteiger partial charge in [-0.1, -0.05) is 17.7 Å². The van der Waals surface area contributed by atoms with Crippen molar-refractivity contribution in [1.82, 2.24) is 14.9 Å². The molecule has 0 amide bonds. The average Bonchev–Trinajstić information content (AvgIpc) is 2.66. The van der Waals surface area contributed by atoms with Crippen LogP contribution >= 0.6 is 0 Å². The Labute approximate surface area is 100 Å². The molecule has 0 spiro atoms. The second kappa shape index (κ2) is 3.77. The lowest BCUT2D eigenvalue weighted by atomic mass is 10.2. The molecule has 0 atom stereocenters. The van der Waals surface area contributed by atoms with Crippen LogP contribution < -0.4 is 16.0 Å². The van der Waals surface area contributed by atoms with Gasteiger partial charge in [0.15, 0.2) is 0 Å². The van der Waals surface area contributed by atoms with E-state index in [1.54, 1.807) is 0 Å². The molecule has 2 heterocycles. The van der Waals surface area contributed by atoms with Gasteiger partial charge in [0.1, 0.15) is 11.2 Å². The minimum absolute atomic E-state index is 0.865. The molecule has 1 aromatic heterocycles. The topological polar surface area (TPSA) is 29.9 Å². The summed E-state index contributed by atoms with van der Waals surface area (Å²) in [5, 5.41) is 5.39. The van der Waals surface area contributed by atoms with E-state index in [2.05, 4.69) is 52.1 Å². The predicted molar refractivity (Wildman–Crippen MR) is 69.2 cm³/mol. The molecule has 1 aliphatic rings. The van der Waals surface area contributed by atoms with Crippen molar-refractivity contribution in [3.05, 3.63) is 46.4 Å². The van der Waals surface area contributed by atoms with Crippen LogP contribution in [-0.4, -0.2) is 16.1 Å². The maximum Gasteiger partial charge on any atom is 0.111 e. The second-order valence-corrected chi connectivity index (χ2v) is 4.36. The van der Waals surface area contributed by atoms with Crippen LogP contribution in [0.15, 0.2) is 24.3 Å². The third kappa shape index (κ3) is 1.64. The number of aryl methyl sites for hydroxylation is 2. The van der Waals surface area contributed by atoms with E-state index in [1.807, 2.05) is 13.1 Å². The first kappa shape index (κ1) is 10.1. The van der Waals surface area contributed by atoms with E-state index in [0.29, 0.717) is 0 Å². The molecule has 1 aromatic carbocycles. The number of nitrogens with zero attached hydrogens (tertiary/aromatic N) is 2. The molecule has 0 bridgehead atoms. The Bertz CT molecular complexity index is 663. The fraction of sp³-hybridized carbons (Fsp3) is 0.214. The number of aromatic nitrogens is 2. The summed E-state index contributed by atoms with van der Waals surface area (Å²) in [6.07, 6.45) is 4.15. The number of hydrogen-bond donors (Lipinski definition) is 1. The van der Waals surface area contributed by atoms with Gasteiger partial charge in [-0.3, -0.25) is 4.57 Å². The number of hydrogen-bond acceptors (Lipinski definition) is 2. The van der Waals surface area contributed by atoms with Crippen molar-refractivity contribution >= 4 is 12.3 Å². The monoisotopic (exact) mass is 225 g/mol. The van der Waals surface area contributed by atoms with Gasteiger partial charge in [0.05, 0.1) is 5.35 Å². The smallest absolute Gasteiger partial charge is 0.111 e. The molecule has 3 nitrogen and oxygen atoms in total. The minimum Gasteiger partial charge on any atom is -0.386 e.